The second-order valence-corrected chi connectivity index (χ2v) is 4.39. The fraction of sp³-hybridized carbons (Fsp3) is 1.00. The van der Waals surface area contributed by atoms with Gasteiger partial charge in [-0.2, -0.15) is 0 Å². The molecule has 2 nitrogen and oxygen atoms in total. The lowest BCUT2D eigenvalue weighted by Crippen LogP contribution is -2.35. The van der Waals surface area contributed by atoms with Crippen LogP contribution in [0.15, 0.2) is 0 Å². The Hall–Kier alpha value is -0.0800. The van der Waals surface area contributed by atoms with Gasteiger partial charge in [0.15, 0.2) is 0 Å². The van der Waals surface area contributed by atoms with Gasteiger partial charge >= 0.3 is 0 Å². The summed E-state index contributed by atoms with van der Waals surface area (Å²) < 4.78 is 0. The molecule has 0 aliphatic heterocycles. The highest BCUT2D eigenvalue weighted by Crippen LogP contribution is 2.12. The molecule has 13 heavy (non-hydrogen) atoms. The Balaban J connectivity index is 3.83. The Morgan fingerprint density at radius 1 is 1.15 bits per heavy atom. The predicted molar refractivity (Wildman–Crippen MR) is 59.8 cm³/mol. The van der Waals surface area contributed by atoms with Gasteiger partial charge in [0.25, 0.3) is 0 Å². The van der Waals surface area contributed by atoms with E-state index in [2.05, 4.69) is 39.6 Å². The molecule has 0 fully saturated rings. The van der Waals surface area contributed by atoms with Crippen LogP contribution in [-0.4, -0.2) is 31.1 Å². The first-order valence-electron chi connectivity index (χ1n) is 5.43. The Morgan fingerprint density at radius 2 is 1.69 bits per heavy atom. The van der Waals surface area contributed by atoms with Crippen molar-refractivity contribution in [2.75, 3.05) is 20.1 Å². The molecule has 2 N–H and O–H groups in total. The van der Waals surface area contributed by atoms with Crippen LogP contribution >= 0.6 is 0 Å². The zero-order valence-corrected chi connectivity index (χ0v) is 9.88. The van der Waals surface area contributed by atoms with Crippen molar-refractivity contribution in [3.05, 3.63) is 0 Å². The summed E-state index contributed by atoms with van der Waals surface area (Å²) in [5.41, 5.74) is 5.64. The summed E-state index contributed by atoms with van der Waals surface area (Å²) >= 11 is 0. The van der Waals surface area contributed by atoms with Gasteiger partial charge in [-0.05, 0) is 38.8 Å². The topological polar surface area (TPSA) is 29.3 Å². The van der Waals surface area contributed by atoms with E-state index in [4.69, 9.17) is 5.73 Å². The van der Waals surface area contributed by atoms with Crippen LogP contribution in [0.2, 0.25) is 0 Å². The first-order valence-corrected chi connectivity index (χ1v) is 5.43. The zero-order chi connectivity index (χ0) is 10.4. The quantitative estimate of drug-likeness (QED) is 0.687. The summed E-state index contributed by atoms with van der Waals surface area (Å²) in [5.74, 6) is 1.33. The van der Waals surface area contributed by atoms with E-state index in [1.165, 1.54) is 6.42 Å². The smallest absolute Gasteiger partial charge is 0.00613 e. The van der Waals surface area contributed by atoms with Gasteiger partial charge in [-0.3, -0.25) is 0 Å². The largest absolute Gasteiger partial charge is 0.330 e. The third-order valence-corrected chi connectivity index (χ3v) is 3.26. The van der Waals surface area contributed by atoms with E-state index in [1.807, 2.05) is 0 Å². The van der Waals surface area contributed by atoms with Crippen molar-refractivity contribution in [2.24, 2.45) is 17.6 Å². The molecule has 0 aliphatic rings. The number of hydrogen-bond acceptors (Lipinski definition) is 2. The predicted octanol–water partition coefficient (Wildman–Crippen LogP) is 1.95. The van der Waals surface area contributed by atoms with E-state index < -0.39 is 0 Å². The molecule has 3 unspecified atom stereocenters. The second kappa shape index (κ2) is 6.39. The minimum Gasteiger partial charge on any atom is -0.330 e. The molecule has 0 saturated carbocycles. The second-order valence-electron chi connectivity index (χ2n) is 4.39. The van der Waals surface area contributed by atoms with E-state index >= 15 is 0 Å². The standard InChI is InChI=1S/C11H26N2/c1-6-11(4)13(5)8-10(3)9(2)7-12/h9-11H,6-8,12H2,1-5H3. The van der Waals surface area contributed by atoms with Crippen molar-refractivity contribution in [1.29, 1.82) is 0 Å². The molecule has 0 saturated heterocycles. The van der Waals surface area contributed by atoms with Crippen LogP contribution in [0.25, 0.3) is 0 Å². The Bertz CT molecular complexity index is 111. The van der Waals surface area contributed by atoms with Crippen molar-refractivity contribution >= 4 is 0 Å². The molecule has 0 aliphatic carbocycles. The van der Waals surface area contributed by atoms with Crippen LogP contribution < -0.4 is 5.73 Å². The van der Waals surface area contributed by atoms with Gasteiger partial charge in [-0.1, -0.05) is 20.8 Å². The van der Waals surface area contributed by atoms with Gasteiger partial charge in [0, 0.05) is 12.6 Å². The Morgan fingerprint density at radius 3 is 2.08 bits per heavy atom. The lowest BCUT2D eigenvalue weighted by Gasteiger charge is -2.29. The van der Waals surface area contributed by atoms with Crippen molar-refractivity contribution in [3.63, 3.8) is 0 Å². The normalized spacial score (nSPS) is 18.7. The summed E-state index contributed by atoms with van der Waals surface area (Å²) in [4.78, 5) is 2.43. The molecule has 0 radical (unpaired) electrons. The van der Waals surface area contributed by atoms with Crippen molar-refractivity contribution in [1.82, 2.24) is 4.90 Å². The molecule has 0 rings (SSSR count). The highest BCUT2D eigenvalue weighted by atomic mass is 15.1. The number of nitrogens with zero attached hydrogens (tertiary/aromatic N) is 1. The maximum Gasteiger partial charge on any atom is 0.00613 e. The lowest BCUT2D eigenvalue weighted by molar-refractivity contribution is 0.194. The summed E-state index contributed by atoms with van der Waals surface area (Å²) in [6.07, 6.45) is 1.22. The SMILES string of the molecule is CCC(C)N(C)CC(C)C(C)CN. The van der Waals surface area contributed by atoms with Crippen LogP contribution in [0.5, 0.6) is 0 Å². The fourth-order valence-electron chi connectivity index (χ4n) is 1.36. The maximum atomic E-state index is 5.64. The minimum atomic E-state index is 0.631. The van der Waals surface area contributed by atoms with Crippen LogP contribution in [0.1, 0.15) is 34.1 Å². The summed E-state index contributed by atoms with van der Waals surface area (Å²) in [6, 6.07) is 0.687. The molecular weight excluding hydrogens is 160 g/mol. The average molecular weight is 186 g/mol. The van der Waals surface area contributed by atoms with E-state index in [1.54, 1.807) is 0 Å². The molecule has 3 atom stereocenters. The third-order valence-electron chi connectivity index (χ3n) is 3.26. The molecule has 0 heterocycles. The van der Waals surface area contributed by atoms with Gasteiger partial charge in [-0.25, -0.2) is 0 Å². The van der Waals surface area contributed by atoms with Crippen LogP contribution in [0, 0.1) is 11.8 Å². The van der Waals surface area contributed by atoms with E-state index in [9.17, 15) is 0 Å². The van der Waals surface area contributed by atoms with Crippen molar-refractivity contribution in [2.45, 2.75) is 40.2 Å². The van der Waals surface area contributed by atoms with Gasteiger partial charge in [-0.15, -0.1) is 0 Å². The number of rotatable bonds is 6. The summed E-state index contributed by atoms with van der Waals surface area (Å²) in [6.45, 7) is 11.0. The van der Waals surface area contributed by atoms with E-state index in [-0.39, 0.29) is 0 Å². The van der Waals surface area contributed by atoms with Gasteiger partial charge in [0.1, 0.15) is 0 Å². The first kappa shape index (κ1) is 12.9. The summed E-state index contributed by atoms with van der Waals surface area (Å²) in [7, 11) is 2.20. The minimum absolute atomic E-state index is 0.631. The molecule has 0 aromatic rings. The monoisotopic (exact) mass is 186 g/mol. The van der Waals surface area contributed by atoms with Gasteiger partial charge in [0.2, 0.25) is 0 Å². The zero-order valence-electron chi connectivity index (χ0n) is 9.88. The highest BCUT2D eigenvalue weighted by molar-refractivity contribution is 4.69. The van der Waals surface area contributed by atoms with Crippen molar-refractivity contribution in [3.8, 4) is 0 Å². The molecule has 0 aromatic carbocycles. The third kappa shape index (κ3) is 4.63. The number of nitrogens with two attached hydrogens (primary N) is 1. The first-order chi connectivity index (χ1) is 6.02. The highest BCUT2D eigenvalue weighted by Gasteiger charge is 2.15. The summed E-state index contributed by atoms with van der Waals surface area (Å²) in [5, 5.41) is 0. The molecule has 0 bridgehead atoms. The maximum absolute atomic E-state index is 5.64. The Kier molecular flexibility index (Phi) is 6.35. The van der Waals surface area contributed by atoms with Crippen LogP contribution in [-0.2, 0) is 0 Å². The molecule has 0 amide bonds. The fourth-order valence-corrected chi connectivity index (χ4v) is 1.36. The molecular formula is C11H26N2. The Labute approximate surface area is 83.5 Å². The van der Waals surface area contributed by atoms with E-state index in [0.29, 0.717) is 17.9 Å². The van der Waals surface area contributed by atoms with Gasteiger partial charge in [0.05, 0.1) is 0 Å². The molecule has 0 spiro atoms. The van der Waals surface area contributed by atoms with Crippen LogP contribution in [0.4, 0.5) is 0 Å². The van der Waals surface area contributed by atoms with E-state index in [0.717, 1.165) is 13.1 Å². The molecule has 80 valence electrons. The molecule has 0 aromatic heterocycles. The molecule has 2 heteroatoms. The van der Waals surface area contributed by atoms with Crippen molar-refractivity contribution < 1.29 is 0 Å². The number of hydrogen-bond donors (Lipinski definition) is 1. The van der Waals surface area contributed by atoms with Gasteiger partial charge < -0.3 is 10.6 Å². The average Bonchev–Trinajstić information content (AvgIpc) is 2.14. The lowest BCUT2D eigenvalue weighted by atomic mass is 9.95. The van der Waals surface area contributed by atoms with Crippen LogP contribution in [0.3, 0.4) is 0 Å².